The van der Waals surface area contributed by atoms with E-state index in [1.165, 1.54) is 0 Å². The van der Waals surface area contributed by atoms with Gasteiger partial charge in [-0.25, -0.2) is 0 Å². The number of para-hydroxylation sites is 1. The number of benzene rings is 1. The van der Waals surface area contributed by atoms with Gasteiger partial charge in [-0.1, -0.05) is 17.7 Å². The Morgan fingerprint density at radius 2 is 2.17 bits per heavy atom. The van der Waals surface area contributed by atoms with Crippen LogP contribution in [0.5, 0.6) is 0 Å². The molecule has 0 atom stereocenters. The number of nitrogens with one attached hydrogen (secondary N) is 1. The summed E-state index contributed by atoms with van der Waals surface area (Å²) in [6, 6.07) is 5.16. The summed E-state index contributed by atoms with van der Waals surface area (Å²) in [7, 11) is 1.73. The molecular formula is C13H17ClN2O2. The summed E-state index contributed by atoms with van der Waals surface area (Å²) >= 11 is 6.06. The Kier molecular flexibility index (Phi) is 5.16. The van der Waals surface area contributed by atoms with E-state index in [1.807, 2.05) is 13.8 Å². The van der Waals surface area contributed by atoms with Gasteiger partial charge in [0.25, 0.3) is 0 Å². The molecule has 1 N–H and O–H groups in total. The third-order valence-corrected chi connectivity index (χ3v) is 2.66. The van der Waals surface area contributed by atoms with Crippen LogP contribution in [0.2, 0.25) is 5.02 Å². The zero-order chi connectivity index (χ0) is 13.7. The van der Waals surface area contributed by atoms with Crippen molar-refractivity contribution in [1.29, 1.82) is 0 Å². The second-order valence-electron chi connectivity index (χ2n) is 4.37. The molecule has 0 fully saturated rings. The molecular weight excluding hydrogens is 252 g/mol. The van der Waals surface area contributed by atoms with E-state index in [2.05, 4.69) is 5.32 Å². The highest BCUT2D eigenvalue weighted by atomic mass is 35.5. The highest BCUT2D eigenvalue weighted by Gasteiger charge is 2.14. The number of anilines is 1. The summed E-state index contributed by atoms with van der Waals surface area (Å²) in [6.45, 7) is 3.94. The molecule has 0 aromatic heterocycles. The summed E-state index contributed by atoms with van der Waals surface area (Å²) < 4.78 is 0. The first kappa shape index (κ1) is 14.5. The van der Waals surface area contributed by atoms with Crippen LogP contribution in [0, 0.1) is 0 Å². The minimum Gasteiger partial charge on any atom is -0.364 e. The molecule has 4 nitrogen and oxygen atoms in total. The molecule has 0 aliphatic carbocycles. The van der Waals surface area contributed by atoms with Gasteiger partial charge in [0.15, 0.2) is 6.29 Å². The lowest BCUT2D eigenvalue weighted by atomic mass is 10.2. The number of carbonyl (C=O) groups is 2. The summed E-state index contributed by atoms with van der Waals surface area (Å²) in [6.07, 6.45) is 0.734. The molecule has 98 valence electrons. The lowest BCUT2D eigenvalue weighted by Gasteiger charge is -2.22. The third-order valence-electron chi connectivity index (χ3n) is 2.36. The van der Waals surface area contributed by atoms with E-state index in [0.29, 0.717) is 16.3 Å². The number of amides is 1. The number of carbonyl (C=O) groups excluding carboxylic acids is 2. The van der Waals surface area contributed by atoms with Crippen LogP contribution in [-0.4, -0.2) is 31.8 Å². The largest absolute Gasteiger partial charge is 0.364 e. The minimum atomic E-state index is -0.107. The maximum Gasteiger partial charge on any atom is 0.239 e. The summed E-state index contributed by atoms with van der Waals surface area (Å²) in [5, 5.41) is 3.25. The van der Waals surface area contributed by atoms with Crippen molar-refractivity contribution >= 4 is 29.5 Å². The molecule has 0 spiro atoms. The molecule has 0 bridgehead atoms. The van der Waals surface area contributed by atoms with Crippen LogP contribution in [0.4, 0.5) is 5.69 Å². The second-order valence-corrected chi connectivity index (χ2v) is 4.78. The number of nitrogens with zero attached hydrogens (tertiary/aromatic N) is 1. The van der Waals surface area contributed by atoms with E-state index in [4.69, 9.17) is 11.6 Å². The van der Waals surface area contributed by atoms with Gasteiger partial charge in [0.1, 0.15) is 0 Å². The Labute approximate surface area is 112 Å². The zero-order valence-corrected chi connectivity index (χ0v) is 11.5. The van der Waals surface area contributed by atoms with Gasteiger partial charge in [0.05, 0.1) is 17.3 Å². The second kappa shape index (κ2) is 6.40. The van der Waals surface area contributed by atoms with Gasteiger partial charge in [-0.05, 0) is 26.0 Å². The molecule has 0 aliphatic heterocycles. The predicted octanol–water partition coefficient (Wildman–Crippen LogP) is 2.11. The van der Waals surface area contributed by atoms with Gasteiger partial charge in [-0.15, -0.1) is 0 Å². The molecule has 0 aliphatic rings. The van der Waals surface area contributed by atoms with Crippen LogP contribution in [0.15, 0.2) is 18.2 Å². The Bertz CT molecular complexity index is 447. The lowest BCUT2D eigenvalue weighted by Crippen LogP contribution is -2.38. The molecule has 0 unspecified atom stereocenters. The van der Waals surface area contributed by atoms with Crippen molar-refractivity contribution in [3.8, 4) is 0 Å². The van der Waals surface area contributed by atoms with Gasteiger partial charge >= 0.3 is 0 Å². The molecule has 1 aromatic carbocycles. The third kappa shape index (κ3) is 3.74. The Morgan fingerprint density at radius 1 is 1.50 bits per heavy atom. The molecule has 0 saturated carbocycles. The van der Waals surface area contributed by atoms with Gasteiger partial charge in [0, 0.05) is 18.7 Å². The molecule has 0 heterocycles. The molecule has 18 heavy (non-hydrogen) atoms. The highest BCUT2D eigenvalue weighted by molar-refractivity contribution is 6.34. The Morgan fingerprint density at radius 3 is 2.72 bits per heavy atom. The number of halogens is 1. The molecule has 1 aromatic rings. The lowest BCUT2D eigenvalue weighted by molar-refractivity contribution is -0.120. The number of aldehydes is 1. The van der Waals surface area contributed by atoms with Crippen molar-refractivity contribution in [1.82, 2.24) is 5.32 Å². The molecule has 0 saturated heterocycles. The number of hydrogen-bond acceptors (Lipinski definition) is 3. The summed E-state index contributed by atoms with van der Waals surface area (Å²) in [5.41, 5.74) is 1.05. The van der Waals surface area contributed by atoms with Crippen molar-refractivity contribution in [3.05, 3.63) is 28.8 Å². The van der Waals surface area contributed by atoms with Gasteiger partial charge < -0.3 is 10.2 Å². The van der Waals surface area contributed by atoms with Crippen molar-refractivity contribution in [2.24, 2.45) is 0 Å². The van der Waals surface area contributed by atoms with Gasteiger partial charge in [-0.3, -0.25) is 9.59 Å². The van der Waals surface area contributed by atoms with Crippen molar-refractivity contribution < 1.29 is 9.59 Å². The van der Waals surface area contributed by atoms with Gasteiger partial charge in [-0.2, -0.15) is 0 Å². The van der Waals surface area contributed by atoms with E-state index in [1.54, 1.807) is 30.1 Å². The maximum atomic E-state index is 11.7. The van der Waals surface area contributed by atoms with Crippen LogP contribution < -0.4 is 10.2 Å². The topological polar surface area (TPSA) is 49.4 Å². The zero-order valence-electron chi connectivity index (χ0n) is 10.7. The van der Waals surface area contributed by atoms with E-state index in [9.17, 15) is 9.59 Å². The van der Waals surface area contributed by atoms with Crippen LogP contribution in [0.3, 0.4) is 0 Å². The van der Waals surface area contributed by atoms with Crippen LogP contribution in [0.25, 0.3) is 0 Å². The summed E-state index contributed by atoms with van der Waals surface area (Å²) in [5.74, 6) is -0.107. The molecule has 1 amide bonds. The summed E-state index contributed by atoms with van der Waals surface area (Å²) in [4.78, 5) is 24.3. The monoisotopic (exact) mass is 268 g/mol. The SMILES string of the molecule is CC(C)NC(=O)CN(C)c1c(Cl)cccc1C=O. The number of rotatable bonds is 5. The fraction of sp³-hybridized carbons (Fsp3) is 0.385. The first-order valence-electron chi connectivity index (χ1n) is 5.70. The fourth-order valence-electron chi connectivity index (χ4n) is 1.69. The van der Waals surface area contributed by atoms with E-state index < -0.39 is 0 Å². The average Bonchev–Trinajstić information content (AvgIpc) is 2.26. The first-order valence-corrected chi connectivity index (χ1v) is 6.07. The smallest absolute Gasteiger partial charge is 0.239 e. The van der Waals surface area contributed by atoms with Gasteiger partial charge in [0.2, 0.25) is 5.91 Å². The predicted molar refractivity (Wildman–Crippen MR) is 73.4 cm³/mol. The molecule has 0 radical (unpaired) electrons. The van der Waals surface area contributed by atoms with Crippen molar-refractivity contribution in [2.45, 2.75) is 19.9 Å². The normalized spacial score (nSPS) is 10.3. The highest BCUT2D eigenvalue weighted by Crippen LogP contribution is 2.27. The Hall–Kier alpha value is -1.55. The maximum absolute atomic E-state index is 11.7. The van der Waals surface area contributed by atoms with E-state index in [-0.39, 0.29) is 18.5 Å². The van der Waals surface area contributed by atoms with Crippen LogP contribution >= 0.6 is 11.6 Å². The number of likely N-dealkylation sites (N-methyl/N-ethyl adjacent to an activating group) is 1. The molecule has 5 heteroatoms. The standard InChI is InChI=1S/C13H17ClN2O2/c1-9(2)15-12(18)7-16(3)13-10(8-17)5-4-6-11(13)14/h4-6,8-9H,7H2,1-3H3,(H,15,18). The van der Waals surface area contributed by atoms with Crippen molar-refractivity contribution in [2.75, 3.05) is 18.5 Å². The first-order chi connectivity index (χ1) is 8.45. The Balaban J connectivity index is 2.87. The molecule has 1 rings (SSSR count). The quantitative estimate of drug-likeness (QED) is 0.832. The van der Waals surface area contributed by atoms with Crippen LogP contribution in [-0.2, 0) is 4.79 Å². The average molecular weight is 269 g/mol. The van der Waals surface area contributed by atoms with Crippen molar-refractivity contribution in [3.63, 3.8) is 0 Å². The van der Waals surface area contributed by atoms with E-state index >= 15 is 0 Å². The van der Waals surface area contributed by atoms with E-state index in [0.717, 1.165) is 6.29 Å². The number of hydrogen-bond donors (Lipinski definition) is 1. The fourth-order valence-corrected chi connectivity index (χ4v) is 2.02. The van der Waals surface area contributed by atoms with Crippen LogP contribution in [0.1, 0.15) is 24.2 Å². The minimum absolute atomic E-state index is 0.0858.